The summed E-state index contributed by atoms with van der Waals surface area (Å²) < 4.78 is 15.2. The third-order valence-corrected chi connectivity index (χ3v) is 5.16. The zero-order valence-corrected chi connectivity index (χ0v) is 17.2. The highest BCUT2D eigenvalue weighted by Crippen LogP contribution is 2.24. The van der Waals surface area contributed by atoms with Gasteiger partial charge in [-0.05, 0) is 48.9 Å². The van der Waals surface area contributed by atoms with Crippen LogP contribution in [0.15, 0.2) is 83.7 Å². The van der Waals surface area contributed by atoms with E-state index in [0.29, 0.717) is 35.2 Å². The smallest absolute Gasteiger partial charge is 0.217 e. The highest BCUT2D eigenvalue weighted by atomic mass is 16.5. The number of rotatable bonds is 5. The summed E-state index contributed by atoms with van der Waals surface area (Å²) in [5.74, 6) is 2.55. The molecule has 6 aromatic rings. The van der Waals surface area contributed by atoms with Crippen LogP contribution in [-0.2, 0) is 6.61 Å². The van der Waals surface area contributed by atoms with Gasteiger partial charge >= 0.3 is 0 Å². The number of aryl methyl sites for hydroxylation is 1. The zero-order chi connectivity index (χ0) is 21.5. The molecule has 0 saturated heterocycles. The van der Waals surface area contributed by atoms with E-state index in [-0.39, 0.29) is 0 Å². The molecule has 0 fully saturated rings. The predicted molar refractivity (Wildman–Crippen MR) is 119 cm³/mol. The maximum absolute atomic E-state index is 5.93. The number of para-hydroxylation sites is 1. The summed E-state index contributed by atoms with van der Waals surface area (Å²) in [6.07, 6.45) is 3.40. The first-order valence-corrected chi connectivity index (χ1v) is 10.2. The van der Waals surface area contributed by atoms with E-state index in [1.807, 2.05) is 73.7 Å². The third-order valence-electron chi connectivity index (χ3n) is 5.16. The third kappa shape index (κ3) is 3.18. The van der Waals surface area contributed by atoms with Crippen LogP contribution in [0.1, 0.15) is 11.3 Å². The Hall–Kier alpha value is -4.46. The monoisotopic (exact) mass is 422 g/mol. The molecular weight excluding hydrogens is 404 g/mol. The Labute approximate surface area is 182 Å². The molecule has 0 N–H and O–H groups in total. The summed E-state index contributed by atoms with van der Waals surface area (Å²) in [5, 5.41) is 9.83. The molecule has 0 bridgehead atoms. The topological polar surface area (TPSA) is 83.3 Å². The number of fused-ring (bicyclic) bond motifs is 3. The SMILES string of the molecule is Cc1cccc(OCc2ccc(-c3nc4c5cnn(-c6ccccc6)c5ncn4n3)o2)c1. The lowest BCUT2D eigenvalue weighted by Crippen LogP contribution is -1.98. The molecule has 0 unspecified atom stereocenters. The van der Waals surface area contributed by atoms with Crippen molar-refractivity contribution < 1.29 is 9.15 Å². The Kier molecular flexibility index (Phi) is 4.21. The van der Waals surface area contributed by atoms with Gasteiger partial charge in [0.1, 0.15) is 24.4 Å². The van der Waals surface area contributed by atoms with Crippen LogP contribution in [0, 0.1) is 6.92 Å². The molecule has 6 rings (SSSR count). The van der Waals surface area contributed by atoms with Crippen LogP contribution in [0.4, 0.5) is 0 Å². The number of nitrogens with zero attached hydrogens (tertiary/aromatic N) is 6. The molecule has 4 heterocycles. The number of benzene rings is 2. The predicted octanol–water partition coefficient (Wildman–Crippen LogP) is 4.61. The van der Waals surface area contributed by atoms with Crippen LogP contribution in [0.5, 0.6) is 5.75 Å². The van der Waals surface area contributed by atoms with Crippen LogP contribution in [-0.4, -0.2) is 29.4 Å². The second-order valence-electron chi connectivity index (χ2n) is 7.45. The van der Waals surface area contributed by atoms with Crippen molar-refractivity contribution in [3.63, 3.8) is 0 Å². The van der Waals surface area contributed by atoms with Gasteiger partial charge in [-0.3, -0.25) is 0 Å². The zero-order valence-electron chi connectivity index (χ0n) is 17.2. The Morgan fingerprint density at radius 3 is 2.75 bits per heavy atom. The van der Waals surface area contributed by atoms with Gasteiger partial charge in [0.05, 0.1) is 17.3 Å². The number of hydrogen-bond acceptors (Lipinski definition) is 6. The lowest BCUT2D eigenvalue weighted by Gasteiger charge is -2.04. The van der Waals surface area contributed by atoms with Crippen LogP contribution in [0.2, 0.25) is 0 Å². The van der Waals surface area contributed by atoms with Crippen molar-refractivity contribution in [2.45, 2.75) is 13.5 Å². The second-order valence-corrected chi connectivity index (χ2v) is 7.45. The average Bonchev–Trinajstić information content (AvgIpc) is 3.55. The van der Waals surface area contributed by atoms with Crippen LogP contribution < -0.4 is 4.74 Å². The average molecular weight is 422 g/mol. The molecule has 8 heteroatoms. The van der Waals surface area contributed by atoms with Crippen molar-refractivity contribution in [1.82, 2.24) is 29.4 Å². The standard InChI is InChI=1S/C24H18N6O2/c1-16-6-5-9-18(12-16)31-14-19-10-11-21(32-19)22-27-24-20-13-26-30(17-7-3-2-4-8-17)23(20)25-15-29(24)28-22/h2-13,15H,14H2,1H3. The van der Waals surface area contributed by atoms with E-state index in [4.69, 9.17) is 9.15 Å². The van der Waals surface area contributed by atoms with E-state index in [0.717, 1.165) is 22.4 Å². The van der Waals surface area contributed by atoms with Gasteiger partial charge in [0.2, 0.25) is 5.82 Å². The first-order chi connectivity index (χ1) is 15.7. The lowest BCUT2D eigenvalue weighted by atomic mass is 10.2. The Morgan fingerprint density at radius 1 is 0.969 bits per heavy atom. The Bertz CT molecular complexity index is 1550. The van der Waals surface area contributed by atoms with Gasteiger partial charge in [0.25, 0.3) is 0 Å². The highest BCUT2D eigenvalue weighted by Gasteiger charge is 2.16. The Balaban J connectivity index is 1.31. The van der Waals surface area contributed by atoms with Gasteiger partial charge in [0, 0.05) is 0 Å². The summed E-state index contributed by atoms with van der Waals surface area (Å²) in [5.41, 5.74) is 3.46. The van der Waals surface area contributed by atoms with E-state index in [2.05, 4.69) is 20.2 Å². The van der Waals surface area contributed by atoms with Crippen LogP contribution in [0.25, 0.3) is 34.0 Å². The van der Waals surface area contributed by atoms with E-state index in [1.165, 1.54) is 0 Å². The summed E-state index contributed by atoms with van der Waals surface area (Å²) >= 11 is 0. The second kappa shape index (κ2) is 7.35. The molecule has 0 spiro atoms. The van der Waals surface area contributed by atoms with Crippen LogP contribution in [0.3, 0.4) is 0 Å². The first kappa shape index (κ1) is 18.3. The van der Waals surface area contributed by atoms with Crippen molar-refractivity contribution >= 4 is 16.7 Å². The molecule has 0 saturated carbocycles. The molecule has 0 aliphatic carbocycles. The quantitative estimate of drug-likeness (QED) is 0.403. The van der Waals surface area contributed by atoms with Crippen molar-refractivity contribution in [2.24, 2.45) is 0 Å². The summed E-state index contributed by atoms with van der Waals surface area (Å²) in [4.78, 5) is 9.22. The number of furan rings is 1. The van der Waals surface area contributed by atoms with Crippen molar-refractivity contribution in [2.75, 3.05) is 0 Å². The first-order valence-electron chi connectivity index (χ1n) is 10.2. The van der Waals surface area contributed by atoms with Gasteiger partial charge < -0.3 is 9.15 Å². The van der Waals surface area contributed by atoms with Crippen LogP contribution >= 0.6 is 0 Å². The van der Waals surface area contributed by atoms with Crippen molar-refractivity contribution in [3.05, 3.63) is 90.6 Å². The summed E-state index contributed by atoms with van der Waals surface area (Å²) in [6, 6.07) is 21.5. The summed E-state index contributed by atoms with van der Waals surface area (Å²) in [6.45, 7) is 2.36. The number of aromatic nitrogens is 6. The number of hydrogen-bond donors (Lipinski definition) is 0. The molecule has 0 aliphatic rings. The van der Waals surface area contributed by atoms with Gasteiger partial charge in [-0.25, -0.2) is 19.2 Å². The lowest BCUT2D eigenvalue weighted by molar-refractivity contribution is 0.271. The molecule has 156 valence electrons. The molecule has 0 aliphatic heterocycles. The minimum absolute atomic E-state index is 0.326. The molecular formula is C24H18N6O2. The Morgan fingerprint density at radius 2 is 1.88 bits per heavy atom. The highest BCUT2D eigenvalue weighted by molar-refractivity contribution is 5.89. The minimum atomic E-state index is 0.326. The molecule has 8 nitrogen and oxygen atoms in total. The normalized spacial score (nSPS) is 11.4. The van der Waals surface area contributed by atoms with Crippen molar-refractivity contribution in [1.29, 1.82) is 0 Å². The fourth-order valence-electron chi connectivity index (χ4n) is 3.62. The van der Waals surface area contributed by atoms with Crippen molar-refractivity contribution in [3.8, 4) is 23.0 Å². The van der Waals surface area contributed by atoms with Gasteiger partial charge in [-0.2, -0.15) is 5.10 Å². The van der Waals surface area contributed by atoms with E-state index >= 15 is 0 Å². The van der Waals surface area contributed by atoms with E-state index < -0.39 is 0 Å². The largest absolute Gasteiger partial charge is 0.486 e. The van der Waals surface area contributed by atoms with Gasteiger partial charge in [0.15, 0.2) is 17.1 Å². The maximum Gasteiger partial charge on any atom is 0.217 e. The van der Waals surface area contributed by atoms with E-state index in [1.54, 1.807) is 21.7 Å². The summed E-state index contributed by atoms with van der Waals surface area (Å²) in [7, 11) is 0. The maximum atomic E-state index is 5.93. The molecule has 0 radical (unpaired) electrons. The fourth-order valence-corrected chi connectivity index (χ4v) is 3.62. The van der Waals surface area contributed by atoms with Gasteiger partial charge in [-0.15, -0.1) is 5.10 Å². The molecule has 0 amide bonds. The van der Waals surface area contributed by atoms with Gasteiger partial charge in [-0.1, -0.05) is 30.3 Å². The minimum Gasteiger partial charge on any atom is -0.486 e. The molecule has 0 atom stereocenters. The molecule has 2 aromatic carbocycles. The number of ether oxygens (including phenoxy) is 1. The molecule has 4 aromatic heterocycles. The molecule has 32 heavy (non-hydrogen) atoms. The fraction of sp³-hybridized carbons (Fsp3) is 0.0833. The van der Waals surface area contributed by atoms with E-state index in [9.17, 15) is 0 Å².